The van der Waals surface area contributed by atoms with Crippen molar-refractivity contribution in [3.05, 3.63) is 28.8 Å². The van der Waals surface area contributed by atoms with Gasteiger partial charge in [-0.05, 0) is 30.5 Å². The van der Waals surface area contributed by atoms with Crippen molar-refractivity contribution in [2.75, 3.05) is 6.61 Å². The maximum Gasteiger partial charge on any atom is 0.242 e. The number of aliphatic hydroxyl groups is 1. The fourth-order valence-electron chi connectivity index (χ4n) is 1.89. The van der Waals surface area contributed by atoms with E-state index in [0.717, 1.165) is 0 Å². The Hall–Kier alpha value is -1.06. The van der Waals surface area contributed by atoms with Crippen molar-refractivity contribution in [3.8, 4) is 11.8 Å². The lowest BCUT2D eigenvalue weighted by atomic mass is 10.0. The zero-order valence-corrected chi connectivity index (χ0v) is 13.9. The van der Waals surface area contributed by atoms with Crippen LogP contribution in [-0.4, -0.2) is 26.2 Å². The number of sulfonamides is 1. The van der Waals surface area contributed by atoms with E-state index in [2.05, 4.69) is 16.6 Å². The van der Waals surface area contributed by atoms with Crippen LogP contribution >= 0.6 is 11.6 Å². The van der Waals surface area contributed by atoms with Crippen molar-refractivity contribution in [1.82, 2.24) is 4.72 Å². The van der Waals surface area contributed by atoms with Gasteiger partial charge in [0.25, 0.3) is 0 Å². The maximum atomic E-state index is 12.4. The molecule has 0 aliphatic rings. The molecule has 0 amide bonds. The molecule has 116 valence electrons. The summed E-state index contributed by atoms with van der Waals surface area (Å²) in [6.45, 7) is 5.60. The van der Waals surface area contributed by atoms with Crippen LogP contribution in [0.3, 0.4) is 0 Å². The molecule has 1 atom stereocenters. The summed E-state index contributed by atoms with van der Waals surface area (Å²) >= 11 is 6.05. The Morgan fingerprint density at radius 2 is 2.05 bits per heavy atom. The van der Waals surface area contributed by atoms with Gasteiger partial charge in [-0.1, -0.05) is 44.2 Å². The molecule has 0 aromatic heterocycles. The molecule has 4 nitrogen and oxygen atoms in total. The number of hydrogen-bond acceptors (Lipinski definition) is 3. The molecular weight excluding hydrogens is 310 g/mol. The molecule has 0 radical (unpaired) electrons. The third-order valence-corrected chi connectivity index (χ3v) is 5.06. The molecule has 1 unspecified atom stereocenters. The number of aliphatic hydroxyl groups excluding tert-OH is 1. The fourth-order valence-corrected chi connectivity index (χ4v) is 3.90. The van der Waals surface area contributed by atoms with Crippen LogP contribution in [0.4, 0.5) is 0 Å². The van der Waals surface area contributed by atoms with Crippen LogP contribution in [0.2, 0.25) is 5.02 Å². The smallest absolute Gasteiger partial charge is 0.242 e. The summed E-state index contributed by atoms with van der Waals surface area (Å²) in [4.78, 5) is 0.0396. The number of halogens is 1. The standard InChI is InChI=1S/C15H20ClNO3S/c1-4-14(11(2)3)17-21(19,20)15-8-7-12(6-5-9-18)10-13(15)16/h7-8,10-11,14,17-18H,4,9H2,1-3H3. The van der Waals surface area contributed by atoms with Gasteiger partial charge in [-0.3, -0.25) is 0 Å². The number of nitrogens with one attached hydrogen (secondary N) is 1. The quantitative estimate of drug-likeness (QED) is 0.815. The summed E-state index contributed by atoms with van der Waals surface area (Å²) in [5.41, 5.74) is 0.559. The largest absolute Gasteiger partial charge is 0.384 e. The SMILES string of the molecule is CCC(NS(=O)(=O)c1ccc(C#CCO)cc1Cl)C(C)C. The van der Waals surface area contributed by atoms with Gasteiger partial charge in [0.2, 0.25) is 10.0 Å². The van der Waals surface area contributed by atoms with E-state index in [0.29, 0.717) is 12.0 Å². The first-order chi connectivity index (χ1) is 9.81. The Morgan fingerprint density at radius 1 is 1.38 bits per heavy atom. The fraction of sp³-hybridized carbons (Fsp3) is 0.467. The molecule has 6 heteroatoms. The van der Waals surface area contributed by atoms with Crippen LogP contribution in [0.5, 0.6) is 0 Å². The Morgan fingerprint density at radius 3 is 2.52 bits per heavy atom. The highest BCUT2D eigenvalue weighted by molar-refractivity contribution is 7.89. The Balaban J connectivity index is 3.09. The normalized spacial score (nSPS) is 12.9. The first-order valence-corrected chi connectivity index (χ1v) is 8.59. The first kappa shape index (κ1) is 18.0. The van der Waals surface area contributed by atoms with Gasteiger partial charge in [0.1, 0.15) is 11.5 Å². The van der Waals surface area contributed by atoms with Crippen LogP contribution < -0.4 is 4.72 Å². The molecular formula is C15H20ClNO3S. The second-order valence-electron chi connectivity index (χ2n) is 4.99. The molecule has 0 saturated carbocycles. The van der Waals surface area contributed by atoms with Crippen LogP contribution in [0.25, 0.3) is 0 Å². The van der Waals surface area contributed by atoms with Crippen molar-refractivity contribution in [2.24, 2.45) is 5.92 Å². The molecule has 21 heavy (non-hydrogen) atoms. The van der Waals surface area contributed by atoms with Gasteiger partial charge in [0, 0.05) is 11.6 Å². The number of rotatable bonds is 5. The summed E-state index contributed by atoms with van der Waals surface area (Å²) in [7, 11) is -3.66. The molecule has 0 saturated heterocycles. The van der Waals surface area contributed by atoms with Crippen LogP contribution in [0, 0.1) is 17.8 Å². The molecule has 1 aromatic carbocycles. The summed E-state index contributed by atoms with van der Waals surface area (Å²) in [6, 6.07) is 4.34. The maximum absolute atomic E-state index is 12.4. The highest BCUT2D eigenvalue weighted by atomic mass is 35.5. The Bertz CT molecular complexity index is 645. The summed E-state index contributed by atoms with van der Waals surface area (Å²) < 4.78 is 27.4. The minimum absolute atomic E-state index is 0.0396. The topological polar surface area (TPSA) is 66.4 Å². The van der Waals surface area contributed by atoms with Crippen molar-refractivity contribution in [3.63, 3.8) is 0 Å². The predicted octanol–water partition coefficient (Wildman–Crippen LogP) is 2.40. The lowest BCUT2D eigenvalue weighted by Gasteiger charge is -2.21. The molecule has 0 spiro atoms. The highest BCUT2D eigenvalue weighted by Crippen LogP contribution is 2.23. The van der Waals surface area contributed by atoms with Gasteiger partial charge < -0.3 is 5.11 Å². The summed E-state index contributed by atoms with van der Waals surface area (Å²) in [6.07, 6.45) is 0.703. The predicted molar refractivity (Wildman–Crippen MR) is 84.7 cm³/mol. The van der Waals surface area contributed by atoms with Crippen LogP contribution in [0.1, 0.15) is 32.8 Å². The first-order valence-electron chi connectivity index (χ1n) is 6.73. The van der Waals surface area contributed by atoms with Gasteiger partial charge in [-0.15, -0.1) is 0 Å². The third-order valence-electron chi connectivity index (χ3n) is 3.08. The van der Waals surface area contributed by atoms with Gasteiger partial charge >= 0.3 is 0 Å². The summed E-state index contributed by atoms with van der Waals surface area (Å²) in [5.74, 6) is 5.37. The summed E-state index contributed by atoms with van der Waals surface area (Å²) in [5, 5.41) is 8.76. The van der Waals surface area contributed by atoms with E-state index in [4.69, 9.17) is 16.7 Å². The molecule has 1 rings (SSSR count). The van der Waals surface area contributed by atoms with Gasteiger partial charge in [-0.25, -0.2) is 13.1 Å². The van der Waals surface area contributed by atoms with E-state index in [1.165, 1.54) is 12.1 Å². The zero-order valence-electron chi connectivity index (χ0n) is 12.4. The van der Waals surface area contributed by atoms with E-state index in [1.54, 1.807) is 6.07 Å². The van der Waals surface area contributed by atoms with Crippen molar-refractivity contribution in [1.29, 1.82) is 0 Å². The average molecular weight is 330 g/mol. The molecule has 0 aliphatic heterocycles. The average Bonchev–Trinajstić information content (AvgIpc) is 2.42. The second kappa shape index (κ2) is 7.81. The van der Waals surface area contributed by atoms with Crippen molar-refractivity contribution >= 4 is 21.6 Å². The minimum atomic E-state index is -3.66. The van der Waals surface area contributed by atoms with E-state index in [9.17, 15) is 8.42 Å². The second-order valence-corrected chi connectivity index (χ2v) is 7.07. The van der Waals surface area contributed by atoms with E-state index in [1.807, 2.05) is 20.8 Å². The van der Waals surface area contributed by atoms with E-state index < -0.39 is 10.0 Å². The number of hydrogen-bond donors (Lipinski definition) is 2. The lowest BCUT2D eigenvalue weighted by molar-refractivity contribution is 0.350. The van der Waals surface area contributed by atoms with Gasteiger partial charge in [0.15, 0.2) is 0 Å². The molecule has 2 N–H and O–H groups in total. The van der Waals surface area contributed by atoms with Crippen molar-refractivity contribution < 1.29 is 13.5 Å². The van der Waals surface area contributed by atoms with Crippen LogP contribution in [0.15, 0.2) is 23.1 Å². The van der Waals surface area contributed by atoms with Gasteiger partial charge in [-0.2, -0.15) is 0 Å². The third kappa shape index (κ3) is 5.01. The monoisotopic (exact) mass is 329 g/mol. The molecule has 0 bridgehead atoms. The molecule has 0 heterocycles. The Kier molecular flexibility index (Phi) is 6.69. The highest BCUT2D eigenvalue weighted by Gasteiger charge is 2.23. The minimum Gasteiger partial charge on any atom is -0.384 e. The van der Waals surface area contributed by atoms with Crippen LogP contribution in [-0.2, 0) is 10.0 Å². The van der Waals surface area contributed by atoms with Crippen molar-refractivity contribution in [2.45, 2.75) is 38.1 Å². The molecule has 0 aliphatic carbocycles. The molecule has 0 fully saturated rings. The number of benzene rings is 1. The Labute approximate surface area is 131 Å². The van der Waals surface area contributed by atoms with Gasteiger partial charge in [0.05, 0.1) is 5.02 Å². The van der Waals surface area contributed by atoms with E-state index in [-0.39, 0.29) is 28.5 Å². The lowest BCUT2D eigenvalue weighted by Crippen LogP contribution is -2.38. The zero-order chi connectivity index (χ0) is 16.0. The van der Waals surface area contributed by atoms with E-state index >= 15 is 0 Å². The molecule has 1 aromatic rings.